The lowest BCUT2D eigenvalue weighted by Gasteiger charge is -2.09. The lowest BCUT2D eigenvalue weighted by molar-refractivity contribution is -0.384. The molecule has 4 nitrogen and oxygen atoms in total. The van der Waals surface area contributed by atoms with Crippen LogP contribution in [0.15, 0.2) is 79.0 Å². The van der Waals surface area contributed by atoms with E-state index in [1.54, 1.807) is 13.0 Å². The van der Waals surface area contributed by atoms with Crippen molar-refractivity contribution in [1.82, 2.24) is 4.57 Å². The van der Waals surface area contributed by atoms with Crippen molar-refractivity contribution >= 4 is 16.6 Å². The van der Waals surface area contributed by atoms with E-state index in [0.29, 0.717) is 11.1 Å². The zero-order chi connectivity index (χ0) is 17.4. The van der Waals surface area contributed by atoms with Crippen LogP contribution in [0, 0.1) is 17.0 Å². The van der Waals surface area contributed by atoms with Gasteiger partial charge in [-0.25, -0.2) is 0 Å². The molecule has 0 aliphatic heterocycles. The van der Waals surface area contributed by atoms with E-state index < -0.39 is 0 Å². The van der Waals surface area contributed by atoms with Crippen LogP contribution in [-0.4, -0.2) is 9.49 Å². The summed E-state index contributed by atoms with van der Waals surface area (Å²) in [6.07, 6.45) is 2.01. The highest BCUT2D eigenvalue weighted by molar-refractivity contribution is 5.98. The van der Waals surface area contributed by atoms with Gasteiger partial charge in [0.2, 0.25) is 0 Å². The van der Waals surface area contributed by atoms with Crippen LogP contribution in [0.4, 0.5) is 5.69 Å². The molecule has 1 aromatic heterocycles. The SMILES string of the molecule is Cc1cccc(-c2cccc3c2ccn3-c2ccccc2)c1[N+](=O)[O-]. The summed E-state index contributed by atoms with van der Waals surface area (Å²) in [4.78, 5) is 11.3. The molecule has 0 saturated carbocycles. The number of benzene rings is 3. The van der Waals surface area contributed by atoms with Crippen molar-refractivity contribution in [3.05, 3.63) is 94.7 Å². The van der Waals surface area contributed by atoms with E-state index in [1.165, 1.54) is 0 Å². The van der Waals surface area contributed by atoms with Crippen molar-refractivity contribution in [2.24, 2.45) is 0 Å². The minimum absolute atomic E-state index is 0.169. The smallest absolute Gasteiger partial charge is 0.280 e. The van der Waals surface area contributed by atoms with Gasteiger partial charge < -0.3 is 4.57 Å². The van der Waals surface area contributed by atoms with Crippen LogP contribution in [-0.2, 0) is 0 Å². The summed E-state index contributed by atoms with van der Waals surface area (Å²) in [5, 5.41) is 12.6. The lowest BCUT2D eigenvalue weighted by Crippen LogP contribution is -1.95. The molecule has 0 fully saturated rings. The minimum atomic E-state index is -0.294. The summed E-state index contributed by atoms with van der Waals surface area (Å²) in [6.45, 7) is 1.77. The molecule has 0 atom stereocenters. The number of nitro groups is 1. The molecule has 4 aromatic rings. The second kappa shape index (κ2) is 5.91. The number of nitrogens with zero attached hydrogens (tertiary/aromatic N) is 2. The third kappa shape index (κ3) is 2.48. The molecule has 0 amide bonds. The van der Waals surface area contributed by atoms with Gasteiger partial charge in [-0.1, -0.05) is 42.5 Å². The van der Waals surface area contributed by atoms with Crippen LogP contribution in [0.25, 0.3) is 27.7 Å². The topological polar surface area (TPSA) is 48.1 Å². The van der Waals surface area contributed by atoms with E-state index in [0.717, 1.165) is 22.2 Å². The van der Waals surface area contributed by atoms with Crippen LogP contribution >= 0.6 is 0 Å². The highest BCUT2D eigenvalue weighted by Gasteiger charge is 2.20. The number of hydrogen-bond acceptors (Lipinski definition) is 2. The number of fused-ring (bicyclic) bond motifs is 1. The van der Waals surface area contributed by atoms with Gasteiger partial charge in [0, 0.05) is 22.8 Å². The number of aromatic nitrogens is 1. The van der Waals surface area contributed by atoms with Crippen LogP contribution in [0.3, 0.4) is 0 Å². The molecule has 0 spiro atoms. The molecule has 0 bridgehead atoms. The fraction of sp³-hybridized carbons (Fsp3) is 0.0476. The summed E-state index contributed by atoms with van der Waals surface area (Å²) in [7, 11) is 0. The number of rotatable bonds is 3. The molecule has 4 rings (SSSR count). The van der Waals surface area contributed by atoms with E-state index in [2.05, 4.69) is 4.57 Å². The quantitative estimate of drug-likeness (QED) is 0.367. The predicted octanol–water partition coefficient (Wildman–Crippen LogP) is 5.51. The summed E-state index contributed by atoms with van der Waals surface area (Å²) in [5.74, 6) is 0. The Bertz CT molecular complexity index is 1080. The Kier molecular flexibility index (Phi) is 3.58. The van der Waals surface area contributed by atoms with Crippen molar-refractivity contribution < 1.29 is 4.92 Å². The maximum atomic E-state index is 11.6. The van der Waals surface area contributed by atoms with Gasteiger partial charge in [0.05, 0.1) is 16.0 Å². The van der Waals surface area contributed by atoms with Gasteiger partial charge in [-0.05, 0) is 42.8 Å². The normalized spacial score (nSPS) is 10.9. The average Bonchev–Trinajstić information content (AvgIpc) is 3.06. The Balaban J connectivity index is 1.99. The Hall–Kier alpha value is -3.40. The molecular weight excluding hydrogens is 312 g/mol. The van der Waals surface area contributed by atoms with Gasteiger partial charge >= 0.3 is 0 Å². The molecule has 1 heterocycles. The van der Waals surface area contributed by atoms with E-state index in [-0.39, 0.29) is 10.6 Å². The highest BCUT2D eigenvalue weighted by atomic mass is 16.6. The van der Waals surface area contributed by atoms with Gasteiger partial charge in [-0.15, -0.1) is 0 Å². The van der Waals surface area contributed by atoms with Crippen LogP contribution < -0.4 is 0 Å². The second-order valence-electron chi connectivity index (χ2n) is 5.99. The van der Waals surface area contributed by atoms with Crippen LogP contribution in [0.5, 0.6) is 0 Å². The molecule has 4 heteroatoms. The van der Waals surface area contributed by atoms with Crippen LogP contribution in [0.2, 0.25) is 0 Å². The first-order valence-electron chi connectivity index (χ1n) is 8.06. The monoisotopic (exact) mass is 328 g/mol. The standard InChI is InChI=1S/C21H16N2O2/c1-15-7-5-11-19(21(15)23(24)25)17-10-6-12-20-18(17)13-14-22(20)16-8-3-2-4-9-16/h2-14H,1H3. The van der Waals surface area contributed by atoms with Crippen molar-refractivity contribution in [3.8, 4) is 16.8 Å². The Morgan fingerprint density at radius 3 is 2.32 bits per heavy atom. The summed E-state index contributed by atoms with van der Waals surface area (Å²) in [5.41, 5.74) is 4.46. The van der Waals surface area contributed by atoms with Gasteiger partial charge in [-0.2, -0.15) is 0 Å². The molecule has 0 aliphatic carbocycles. The molecule has 0 aliphatic rings. The fourth-order valence-corrected chi connectivity index (χ4v) is 3.33. The summed E-state index contributed by atoms with van der Waals surface area (Å²) < 4.78 is 2.10. The highest BCUT2D eigenvalue weighted by Crippen LogP contribution is 2.37. The van der Waals surface area contributed by atoms with Gasteiger partial charge in [0.15, 0.2) is 0 Å². The first-order valence-corrected chi connectivity index (χ1v) is 8.06. The van der Waals surface area contributed by atoms with Gasteiger partial charge in [-0.3, -0.25) is 10.1 Å². The zero-order valence-corrected chi connectivity index (χ0v) is 13.7. The summed E-state index contributed by atoms with van der Waals surface area (Å²) in [6, 6.07) is 23.5. The molecule has 122 valence electrons. The maximum Gasteiger partial charge on any atom is 0.280 e. The average molecular weight is 328 g/mol. The molecule has 0 radical (unpaired) electrons. The number of hydrogen-bond donors (Lipinski definition) is 0. The largest absolute Gasteiger partial charge is 0.317 e. The van der Waals surface area contributed by atoms with Crippen molar-refractivity contribution in [2.45, 2.75) is 6.92 Å². The van der Waals surface area contributed by atoms with E-state index >= 15 is 0 Å². The van der Waals surface area contributed by atoms with Crippen molar-refractivity contribution in [1.29, 1.82) is 0 Å². The number of nitro benzene ring substituents is 1. The first kappa shape index (κ1) is 15.1. The number of aryl methyl sites for hydroxylation is 1. The Morgan fingerprint density at radius 1 is 0.840 bits per heavy atom. The summed E-state index contributed by atoms with van der Waals surface area (Å²) >= 11 is 0. The predicted molar refractivity (Wildman–Crippen MR) is 100 cm³/mol. The first-order chi connectivity index (χ1) is 12.2. The van der Waals surface area contributed by atoms with Crippen LogP contribution in [0.1, 0.15) is 5.56 Å². The fourth-order valence-electron chi connectivity index (χ4n) is 3.33. The van der Waals surface area contributed by atoms with Gasteiger partial charge in [0.1, 0.15) is 0 Å². The zero-order valence-electron chi connectivity index (χ0n) is 13.7. The Morgan fingerprint density at radius 2 is 1.56 bits per heavy atom. The lowest BCUT2D eigenvalue weighted by atomic mass is 9.98. The third-order valence-electron chi connectivity index (χ3n) is 4.48. The molecule has 3 aromatic carbocycles. The van der Waals surface area contributed by atoms with E-state index in [4.69, 9.17) is 0 Å². The Labute approximate surface area is 145 Å². The van der Waals surface area contributed by atoms with Crippen molar-refractivity contribution in [3.63, 3.8) is 0 Å². The van der Waals surface area contributed by atoms with E-state index in [9.17, 15) is 10.1 Å². The van der Waals surface area contributed by atoms with E-state index in [1.807, 2.05) is 72.9 Å². The number of para-hydroxylation sites is 2. The van der Waals surface area contributed by atoms with Gasteiger partial charge in [0.25, 0.3) is 5.69 Å². The minimum Gasteiger partial charge on any atom is -0.317 e. The third-order valence-corrected chi connectivity index (χ3v) is 4.48. The molecule has 25 heavy (non-hydrogen) atoms. The second-order valence-corrected chi connectivity index (χ2v) is 5.99. The maximum absolute atomic E-state index is 11.6. The molecule has 0 saturated heterocycles. The molecular formula is C21H16N2O2. The molecule has 0 N–H and O–H groups in total. The van der Waals surface area contributed by atoms with Crippen molar-refractivity contribution in [2.75, 3.05) is 0 Å². The molecule has 0 unspecified atom stereocenters.